The highest BCUT2D eigenvalue weighted by molar-refractivity contribution is 6.30. The minimum absolute atomic E-state index is 0.302. The Bertz CT molecular complexity index is 350. The quantitative estimate of drug-likeness (QED) is 0.897. The van der Waals surface area contributed by atoms with Crippen LogP contribution in [0.5, 0.6) is 0 Å². The van der Waals surface area contributed by atoms with E-state index in [9.17, 15) is 0 Å². The highest BCUT2D eigenvalue weighted by Crippen LogP contribution is 2.27. The molecule has 0 amide bonds. The van der Waals surface area contributed by atoms with Crippen LogP contribution in [0.2, 0.25) is 5.02 Å². The van der Waals surface area contributed by atoms with Crippen molar-refractivity contribution in [2.45, 2.75) is 31.7 Å². The van der Waals surface area contributed by atoms with Gasteiger partial charge in [0.1, 0.15) is 0 Å². The summed E-state index contributed by atoms with van der Waals surface area (Å²) in [5.74, 6) is 0.558. The van der Waals surface area contributed by atoms with E-state index in [1.165, 1.54) is 12.0 Å². The van der Waals surface area contributed by atoms with E-state index in [2.05, 4.69) is 24.0 Å². The first kappa shape index (κ1) is 12.9. The molecule has 0 radical (unpaired) electrons. The molecule has 1 saturated heterocycles. The number of halogens is 1. The second kappa shape index (κ2) is 5.85. The van der Waals surface area contributed by atoms with Gasteiger partial charge in [-0.05, 0) is 43.0 Å². The maximum atomic E-state index is 6.15. The lowest BCUT2D eigenvalue weighted by Gasteiger charge is -2.36. The summed E-state index contributed by atoms with van der Waals surface area (Å²) in [6.07, 6.45) is 2.28. The van der Waals surface area contributed by atoms with E-state index < -0.39 is 0 Å². The van der Waals surface area contributed by atoms with Gasteiger partial charge in [-0.15, -0.1) is 0 Å². The van der Waals surface area contributed by atoms with E-state index in [0.717, 1.165) is 31.1 Å². The van der Waals surface area contributed by atoms with Crippen molar-refractivity contribution in [1.29, 1.82) is 0 Å². The summed E-state index contributed by atoms with van der Waals surface area (Å²) < 4.78 is 0. The summed E-state index contributed by atoms with van der Waals surface area (Å²) in [4.78, 5) is 2.48. The van der Waals surface area contributed by atoms with E-state index >= 15 is 0 Å². The van der Waals surface area contributed by atoms with Crippen molar-refractivity contribution in [3.8, 4) is 0 Å². The smallest absolute Gasteiger partial charge is 0.0406 e. The Balaban J connectivity index is 2.06. The average Bonchev–Trinajstić information content (AvgIpc) is 2.29. The van der Waals surface area contributed by atoms with Crippen LogP contribution in [-0.4, -0.2) is 30.6 Å². The number of nitrogens with two attached hydrogens (primary N) is 1. The molecule has 94 valence electrons. The van der Waals surface area contributed by atoms with Crippen LogP contribution >= 0.6 is 11.6 Å². The van der Waals surface area contributed by atoms with Gasteiger partial charge < -0.3 is 10.6 Å². The summed E-state index contributed by atoms with van der Waals surface area (Å²) in [7, 11) is 0. The lowest BCUT2D eigenvalue weighted by Crippen LogP contribution is -2.46. The zero-order valence-corrected chi connectivity index (χ0v) is 11.2. The fourth-order valence-electron chi connectivity index (χ4n) is 2.71. The normalized spacial score (nSPS) is 26.1. The number of hydrogen-bond donors (Lipinski definition) is 1. The third-order valence-electron chi connectivity index (χ3n) is 3.44. The fourth-order valence-corrected chi connectivity index (χ4v) is 2.83. The van der Waals surface area contributed by atoms with E-state index in [0.29, 0.717) is 12.0 Å². The van der Waals surface area contributed by atoms with Gasteiger partial charge in [-0.3, -0.25) is 0 Å². The van der Waals surface area contributed by atoms with Crippen molar-refractivity contribution in [1.82, 2.24) is 4.90 Å². The lowest BCUT2D eigenvalue weighted by atomic mass is 9.88. The van der Waals surface area contributed by atoms with E-state index in [1.54, 1.807) is 0 Å². The number of likely N-dealkylation sites (tertiary alicyclic amines) is 1. The average molecular weight is 253 g/mol. The number of nitrogens with zero attached hydrogens (tertiary/aromatic N) is 1. The monoisotopic (exact) mass is 252 g/mol. The SMILES string of the molecule is CCCN1CC(N)CC(c2ccc(Cl)cc2)C1. The van der Waals surface area contributed by atoms with Crippen LogP contribution in [-0.2, 0) is 0 Å². The van der Waals surface area contributed by atoms with Crippen molar-refractivity contribution in [2.75, 3.05) is 19.6 Å². The van der Waals surface area contributed by atoms with Crippen LogP contribution in [0.25, 0.3) is 0 Å². The van der Waals surface area contributed by atoms with Crippen LogP contribution in [0, 0.1) is 0 Å². The highest BCUT2D eigenvalue weighted by Gasteiger charge is 2.25. The maximum Gasteiger partial charge on any atom is 0.0406 e. The van der Waals surface area contributed by atoms with Crippen molar-refractivity contribution in [3.63, 3.8) is 0 Å². The lowest BCUT2D eigenvalue weighted by molar-refractivity contribution is 0.189. The predicted molar refractivity (Wildman–Crippen MR) is 73.5 cm³/mol. The summed E-state index contributed by atoms with van der Waals surface area (Å²) in [5.41, 5.74) is 7.51. The number of hydrogen-bond acceptors (Lipinski definition) is 2. The Morgan fingerprint density at radius 3 is 2.65 bits per heavy atom. The van der Waals surface area contributed by atoms with Crippen LogP contribution < -0.4 is 5.73 Å². The minimum Gasteiger partial charge on any atom is -0.327 e. The van der Waals surface area contributed by atoms with Gasteiger partial charge in [0.05, 0.1) is 0 Å². The molecule has 2 nitrogen and oxygen atoms in total. The van der Waals surface area contributed by atoms with E-state index in [-0.39, 0.29) is 0 Å². The van der Waals surface area contributed by atoms with Gasteiger partial charge in [0.15, 0.2) is 0 Å². The molecule has 1 aromatic carbocycles. The van der Waals surface area contributed by atoms with Gasteiger partial charge in [-0.2, -0.15) is 0 Å². The van der Waals surface area contributed by atoms with Gasteiger partial charge in [0, 0.05) is 24.2 Å². The van der Waals surface area contributed by atoms with Crippen molar-refractivity contribution >= 4 is 11.6 Å². The second-order valence-electron chi connectivity index (χ2n) is 5.00. The zero-order chi connectivity index (χ0) is 12.3. The first-order chi connectivity index (χ1) is 8.19. The molecule has 2 atom stereocenters. The molecule has 0 saturated carbocycles. The van der Waals surface area contributed by atoms with Crippen LogP contribution in [0.4, 0.5) is 0 Å². The standard InChI is InChI=1S/C14H21ClN2/c1-2-7-17-9-12(8-14(16)10-17)11-3-5-13(15)6-4-11/h3-6,12,14H,2,7-10,16H2,1H3. The fraction of sp³-hybridized carbons (Fsp3) is 0.571. The van der Waals surface area contributed by atoms with Gasteiger partial charge in [0.25, 0.3) is 0 Å². The molecule has 1 aliphatic heterocycles. The number of benzene rings is 1. The van der Waals surface area contributed by atoms with Crippen LogP contribution in [0.1, 0.15) is 31.2 Å². The van der Waals surface area contributed by atoms with E-state index in [1.807, 2.05) is 12.1 Å². The van der Waals surface area contributed by atoms with Crippen LogP contribution in [0.3, 0.4) is 0 Å². The molecular formula is C14H21ClN2. The number of rotatable bonds is 3. The largest absolute Gasteiger partial charge is 0.327 e. The van der Waals surface area contributed by atoms with E-state index in [4.69, 9.17) is 17.3 Å². The Kier molecular flexibility index (Phi) is 4.43. The maximum absolute atomic E-state index is 6.15. The molecule has 2 rings (SSSR count). The van der Waals surface area contributed by atoms with Crippen molar-refractivity contribution < 1.29 is 0 Å². The third-order valence-corrected chi connectivity index (χ3v) is 3.69. The van der Waals surface area contributed by atoms with Crippen molar-refractivity contribution in [3.05, 3.63) is 34.9 Å². The van der Waals surface area contributed by atoms with Crippen molar-refractivity contribution in [2.24, 2.45) is 5.73 Å². The summed E-state index contributed by atoms with van der Waals surface area (Å²) >= 11 is 5.92. The molecule has 1 aliphatic rings. The van der Waals surface area contributed by atoms with Crippen LogP contribution in [0.15, 0.2) is 24.3 Å². The first-order valence-corrected chi connectivity index (χ1v) is 6.80. The zero-order valence-electron chi connectivity index (χ0n) is 10.4. The highest BCUT2D eigenvalue weighted by atomic mass is 35.5. The van der Waals surface area contributed by atoms with Gasteiger partial charge in [-0.1, -0.05) is 30.7 Å². The Morgan fingerprint density at radius 2 is 2.00 bits per heavy atom. The summed E-state index contributed by atoms with van der Waals surface area (Å²) in [5, 5.41) is 0.805. The molecule has 0 spiro atoms. The summed E-state index contributed by atoms with van der Waals surface area (Å²) in [6, 6.07) is 8.52. The molecule has 0 aromatic heterocycles. The minimum atomic E-state index is 0.302. The Hall–Kier alpha value is -0.570. The second-order valence-corrected chi connectivity index (χ2v) is 5.44. The molecule has 1 fully saturated rings. The Morgan fingerprint density at radius 1 is 1.29 bits per heavy atom. The third kappa shape index (κ3) is 3.44. The molecule has 2 N–H and O–H groups in total. The van der Waals surface area contributed by atoms with Gasteiger partial charge in [0.2, 0.25) is 0 Å². The molecule has 1 heterocycles. The van der Waals surface area contributed by atoms with Gasteiger partial charge >= 0.3 is 0 Å². The first-order valence-electron chi connectivity index (χ1n) is 6.42. The molecule has 0 bridgehead atoms. The summed E-state index contributed by atoms with van der Waals surface area (Å²) in [6.45, 7) is 5.54. The molecular weight excluding hydrogens is 232 g/mol. The Labute approximate surface area is 109 Å². The van der Waals surface area contributed by atoms with Gasteiger partial charge in [-0.25, -0.2) is 0 Å². The molecule has 2 unspecified atom stereocenters. The molecule has 17 heavy (non-hydrogen) atoms. The molecule has 0 aliphatic carbocycles. The number of piperidine rings is 1. The predicted octanol–water partition coefficient (Wildman–Crippen LogP) is 2.87. The topological polar surface area (TPSA) is 29.3 Å². The molecule has 1 aromatic rings. The molecule has 3 heteroatoms.